The lowest BCUT2D eigenvalue weighted by Crippen LogP contribution is -2.20. The number of hydrogen-bond acceptors (Lipinski definition) is 2. The fourth-order valence-corrected chi connectivity index (χ4v) is 2.90. The number of rotatable bonds is 4. The third kappa shape index (κ3) is 3.87. The third-order valence-electron chi connectivity index (χ3n) is 3.42. The first-order chi connectivity index (χ1) is 11.1. The molecule has 0 unspecified atom stereocenters. The summed E-state index contributed by atoms with van der Waals surface area (Å²) in [6.07, 6.45) is 7.21. The molecule has 0 saturated carbocycles. The number of pyridine rings is 1. The minimum Gasteiger partial charge on any atom is -0.347 e. The molecule has 23 heavy (non-hydrogen) atoms. The molecule has 0 aliphatic rings. The number of carbonyl (C=O) groups excluding carboxylic acids is 1. The van der Waals surface area contributed by atoms with Crippen molar-refractivity contribution in [1.82, 2.24) is 14.7 Å². The Morgan fingerprint density at radius 1 is 1.30 bits per heavy atom. The lowest BCUT2D eigenvalue weighted by atomic mass is 10.2. The molecule has 3 rings (SSSR count). The molecule has 0 atom stereocenters. The number of amides is 1. The van der Waals surface area contributed by atoms with Crippen LogP contribution in [0.1, 0.15) is 16.8 Å². The molecule has 0 radical (unpaired) electrons. The fourth-order valence-electron chi connectivity index (χ4n) is 2.33. The largest absolute Gasteiger partial charge is 0.347 e. The van der Waals surface area contributed by atoms with Gasteiger partial charge in [0.05, 0.1) is 12.2 Å². The number of fused-ring (bicyclic) bond motifs is 1. The van der Waals surface area contributed by atoms with E-state index in [1.165, 1.54) is 6.08 Å². The number of imidazole rings is 1. The van der Waals surface area contributed by atoms with Crippen molar-refractivity contribution in [3.63, 3.8) is 0 Å². The first-order valence-corrected chi connectivity index (χ1v) is 8.06. The molecule has 2 heterocycles. The van der Waals surface area contributed by atoms with Gasteiger partial charge in [-0.25, -0.2) is 4.98 Å². The third-order valence-corrected chi connectivity index (χ3v) is 3.86. The highest BCUT2D eigenvalue weighted by atomic mass is 79.9. The second-order valence-electron chi connectivity index (χ2n) is 5.27. The van der Waals surface area contributed by atoms with E-state index in [0.717, 1.165) is 26.9 Å². The Balaban J connectivity index is 1.65. The molecule has 4 nitrogen and oxygen atoms in total. The highest BCUT2D eigenvalue weighted by molar-refractivity contribution is 9.10. The van der Waals surface area contributed by atoms with Gasteiger partial charge in [-0.05, 0) is 46.1 Å². The second kappa shape index (κ2) is 6.79. The van der Waals surface area contributed by atoms with Gasteiger partial charge in [0.1, 0.15) is 5.65 Å². The van der Waals surface area contributed by atoms with Crippen molar-refractivity contribution in [3.05, 3.63) is 76.2 Å². The van der Waals surface area contributed by atoms with Crippen molar-refractivity contribution in [3.8, 4) is 0 Å². The molecule has 1 amide bonds. The Labute approximate surface area is 143 Å². The Morgan fingerprint density at radius 3 is 2.87 bits per heavy atom. The summed E-state index contributed by atoms with van der Waals surface area (Å²) in [7, 11) is 0. The van der Waals surface area contributed by atoms with Crippen LogP contribution >= 0.6 is 15.9 Å². The maximum atomic E-state index is 11.9. The number of carbonyl (C=O) groups is 1. The van der Waals surface area contributed by atoms with E-state index in [1.54, 1.807) is 6.08 Å². The number of hydrogen-bond donors (Lipinski definition) is 1. The standard InChI is InChI=1S/C18H16BrN3O/c1-13-9-15(19)11-22-12-16(21-18(13)22)10-20-17(23)8-7-14-5-3-2-4-6-14/h2-9,11-12H,10H2,1H3,(H,20,23)/b8-7+. The molecule has 0 spiro atoms. The summed E-state index contributed by atoms with van der Waals surface area (Å²) in [5.41, 5.74) is 3.81. The van der Waals surface area contributed by atoms with E-state index in [2.05, 4.69) is 26.2 Å². The minimum absolute atomic E-state index is 0.135. The van der Waals surface area contributed by atoms with Crippen LogP contribution in [0.5, 0.6) is 0 Å². The molecule has 0 aliphatic carbocycles. The van der Waals surface area contributed by atoms with Gasteiger partial charge in [0.15, 0.2) is 0 Å². The zero-order valence-corrected chi connectivity index (χ0v) is 14.2. The molecule has 1 aromatic carbocycles. The highest BCUT2D eigenvalue weighted by Gasteiger charge is 2.06. The molecule has 0 aliphatic heterocycles. The summed E-state index contributed by atoms with van der Waals surface area (Å²) in [4.78, 5) is 16.4. The molecule has 1 N–H and O–H groups in total. The predicted octanol–water partition coefficient (Wildman–Crippen LogP) is 3.73. The number of aromatic nitrogens is 2. The maximum Gasteiger partial charge on any atom is 0.244 e. The highest BCUT2D eigenvalue weighted by Crippen LogP contribution is 2.17. The molecule has 5 heteroatoms. The van der Waals surface area contributed by atoms with Crippen molar-refractivity contribution >= 4 is 33.6 Å². The van der Waals surface area contributed by atoms with Crippen LogP contribution in [0.3, 0.4) is 0 Å². The summed E-state index contributed by atoms with van der Waals surface area (Å²) < 4.78 is 2.96. The van der Waals surface area contributed by atoms with E-state index < -0.39 is 0 Å². The summed E-state index contributed by atoms with van der Waals surface area (Å²) in [5, 5.41) is 2.85. The topological polar surface area (TPSA) is 46.4 Å². The lowest BCUT2D eigenvalue weighted by molar-refractivity contribution is -0.116. The molecular formula is C18H16BrN3O. The number of nitrogens with zero attached hydrogens (tertiary/aromatic N) is 2. The van der Waals surface area contributed by atoms with Crippen molar-refractivity contribution < 1.29 is 4.79 Å². The van der Waals surface area contributed by atoms with Crippen LogP contribution in [-0.2, 0) is 11.3 Å². The smallest absolute Gasteiger partial charge is 0.244 e. The van der Waals surface area contributed by atoms with Crippen LogP contribution in [0.2, 0.25) is 0 Å². The number of nitrogens with one attached hydrogen (secondary N) is 1. The van der Waals surface area contributed by atoms with Gasteiger partial charge in [-0.15, -0.1) is 0 Å². The van der Waals surface area contributed by atoms with Crippen molar-refractivity contribution in [1.29, 1.82) is 0 Å². The fraction of sp³-hybridized carbons (Fsp3) is 0.111. The SMILES string of the molecule is Cc1cc(Br)cn2cc(CNC(=O)/C=C/c3ccccc3)nc12. The van der Waals surface area contributed by atoms with Gasteiger partial charge >= 0.3 is 0 Å². The summed E-state index contributed by atoms with van der Waals surface area (Å²) in [5.74, 6) is -0.135. The number of halogens is 1. The van der Waals surface area contributed by atoms with Crippen LogP contribution in [0, 0.1) is 6.92 Å². The summed E-state index contributed by atoms with van der Waals surface area (Å²) in [6.45, 7) is 2.41. The number of aryl methyl sites for hydroxylation is 1. The normalized spacial score (nSPS) is 11.2. The molecule has 0 fully saturated rings. The van der Waals surface area contributed by atoms with Crippen LogP contribution < -0.4 is 5.32 Å². The zero-order valence-electron chi connectivity index (χ0n) is 12.7. The molecule has 2 aromatic heterocycles. The maximum absolute atomic E-state index is 11.9. The molecule has 116 valence electrons. The molecular weight excluding hydrogens is 354 g/mol. The van der Waals surface area contributed by atoms with Gasteiger partial charge in [-0.2, -0.15) is 0 Å². The first kappa shape index (κ1) is 15.5. The Bertz CT molecular complexity index is 869. The van der Waals surface area contributed by atoms with Gasteiger partial charge in [0, 0.05) is 22.9 Å². The van der Waals surface area contributed by atoms with Gasteiger partial charge in [0.25, 0.3) is 0 Å². The average molecular weight is 370 g/mol. The van der Waals surface area contributed by atoms with Crippen molar-refractivity contribution in [2.24, 2.45) is 0 Å². The lowest BCUT2D eigenvalue weighted by Gasteiger charge is -1.98. The van der Waals surface area contributed by atoms with Crippen LogP contribution in [-0.4, -0.2) is 15.3 Å². The quantitative estimate of drug-likeness (QED) is 0.712. The van der Waals surface area contributed by atoms with E-state index in [1.807, 2.05) is 60.1 Å². The Kier molecular flexibility index (Phi) is 4.57. The monoisotopic (exact) mass is 369 g/mol. The van der Waals surface area contributed by atoms with Crippen molar-refractivity contribution in [2.45, 2.75) is 13.5 Å². The predicted molar refractivity (Wildman–Crippen MR) is 95.0 cm³/mol. The molecule has 3 aromatic rings. The summed E-state index contributed by atoms with van der Waals surface area (Å²) >= 11 is 3.47. The van der Waals surface area contributed by atoms with Gasteiger partial charge in [-0.3, -0.25) is 4.79 Å². The van der Waals surface area contributed by atoms with Gasteiger partial charge in [-0.1, -0.05) is 30.3 Å². The summed E-state index contributed by atoms with van der Waals surface area (Å²) in [6, 6.07) is 11.7. The minimum atomic E-state index is -0.135. The average Bonchev–Trinajstić information content (AvgIpc) is 2.95. The number of benzene rings is 1. The Hall–Kier alpha value is -2.40. The zero-order chi connectivity index (χ0) is 16.2. The van der Waals surface area contributed by atoms with Crippen LogP contribution in [0.15, 0.2) is 59.3 Å². The van der Waals surface area contributed by atoms with Crippen molar-refractivity contribution in [2.75, 3.05) is 0 Å². The first-order valence-electron chi connectivity index (χ1n) is 7.26. The van der Waals surface area contributed by atoms with E-state index >= 15 is 0 Å². The molecule has 0 saturated heterocycles. The second-order valence-corrected chi connectivity index (χ2v) is 6.18. The van der Waals surface area contributed by atoms with Crippen LogP contribution in [0.4, 0.5) is 0 Å². The van der Waals surface area contributed by atoms with E-state index in [0.29, 0.717) is 6.54 Å². The van der Waals surface area contributed by atoms with E-state index in [9.17, 15) is 4.79 Å². The Morgan fingerprint density at radius 2 is 2.09 bits per heavy atom. The van der Waals surface area contributed by atoms with Gasteiger partial charge < -0.3 is 9.72 Å². The van der Waals surface area contributed by atoms with E-state index in [4.69, 9.17) is 0 Å². The van der Waals surface area contributed by atoms with Gasteiger partial charge in [0.2, 0.25) is 5.91 Å². The van der Waals surface area contributed by atoms with Crippen LogP contribution in [0.25, 0.3) is 11.7 Å². The van der Waals surface area contributed by atoms with E-state index in [-0.39, 0.29) is 5.91 Å². The molecule has 0 bridgehead atoms.